The summed E-state index contributed by atoms with van der Waals surface area (Å²) in [5.74, 6) is 1.09. The van der Waals surface area contributed by atoms with E-state index in [1.807, 2.05) is 19.1 Å². The summed E-state index contributed by atoms with van der Waals surface area (Å²) in [7, 11) is 1.57. The van der Waals surface area contributed by atoms with Crippen molar-refractivity contribution in [1.82, 2.24) is 10.2 Å². The second kappa shape index (κ2) is 8.90. The van der Waals surface area contributed by atoms with Crippen LogP contribution in [0.2, 0.25) is 0 Å². The first-order chi connectivity index (χ1) is 15.4. The monoisotopic (exact) mass is 437 g/mol. The van der Waals surface area contributed by atoms with E-state index in [1.54, 1.807) is 43.5 Å². The predicted molar refractivity (Wildman–Crippen MR) is 119 cm³/mol. The first-order valence-electron chi connectivity index (χ1n) is 10.8. The number of amides is 4. The van der Waals surface area contributed by atoms with Gasteiger partial charge in [-0.25, -0.2) is 4.79 Å². The number of anilines is 1. The quantitative estimate of drug-likeness (QED) is 0.668. The molecular weight excluding hydrogens is 410 g/mol. The molecule has 2 N–H and O–H groups in total. The van der Waals surface area contributed by atoms with E-state index < -0.39 is 17.5 Å². The Hall–Kier alpha value is -3.55. The van der Waals surface area contributed by atoms with Crippen molar-refractivity contribution >= 4 is 23.5 Å². The van der Waals surface area contributed by atoms with Gasteiger partial charge in [0.25, 0.3) is 5.91 Å². The fourth-order valence-electron chi connectivity index (χ4n) is 4.42. The number of hydrogen-bond donors (Lipinski definition) is 2. The molecule has 2 aromatic rings. The number of rotatable bonds is 6. The van der Waals surface area contributed by atoms with Gasteiger partial charge in [-0.05, 0) is 55.2 Å². The van der Waals surface area contributed by atoms with Gasteiger partial charge in [0.1, 0.15) is 17.8 Å². The molecule has 4 rings (SSSR count). The van der Waals surface area contributed by atoms with E-state index in [0.717, 1.165) is 24.2 Å². The lowest BCUT2D eigenvalue weighted by Crippen LogP contribution is -2.54. The number of para-hydroxylation sites is 2. The van der Waals surface area contributed by atoms with Gasteiger partial charge in [-0.2, -0.15) is 0 Å². The minimum absolute atomic E-state index is 0.0524. The van der Waals surface area contributed by atoms with Crippen LogP contribution >= 0.6 is 0 Å². The molecule has 2 unspecified atom stereocenters. The van der Waals surface area contributed by atoms with Crippen molar-refractivity contribution in [2.24, 2.45) is 5.92 Å². The van der Waals surface area contributed by atoms with E-state index in [9.17, 15) is 14.4 Å². The van der Waals surface area contributed by atoms with Crippen LogP contribution < -0.4 is 20.1 Å². The molecule has 1 aliphatic carbocycles. The minimum Gasteiger partial charge on any atom is -0.493 e. The van der Waals surface area contributed by atoms with Gasteiger partial charge in [0.2, 0.25) is 5.91 Å². The Kier molecular flexibility index (Phi) is 6.03. The van der Waals surface area contributed by atoms with Gasteiger partial charge in [-0.15, -0.1) is 0 Å². The highest BCUT2D eigenvalue weighted by molar-refractivity contribution is 6.10. The van der Waals surface area contributed by atoms with Gasteiger partial charge in [0.15, 0.2) is 11.5 Å². The van der Waals surface area contributed by atoms with Crippen LogP contribution in [0.4, 0.5) is 10.5 Å². The van der Waals surface area contributed by atoms with Crippen molar-refractivity contribution in [3.63, 3.8) is 0 Å². The van der Waals surface area contributed by atoms with Gasteiger partial charge in [0, 0.05) is 5.69 Å². The molecule has 1 saturated heterocycles. The smallest absolute Gasteiger partial charge is 0.325 e. The standard InChI is InChI=1S/C24H27N3O5/c1-16-7-5-6-14-24(16)22(29)27(23(30)26-24)15-21(28)25-17-10-12-18(13-11-17)32-20-9-4-3-8-19(20)31-2/h3-4,8-13,16H,5-7,14-15H2,1-2H3,(H,25,28)(H,26,30). The SMILES string of the molecule is COc1ccccc1Oc1ccc(NC(=O)CN2C(=O)NC3(CCCCC3C)C2=O)cc1. The van der Waals surface area contributed by atoms with Crippen LogP contribution in [0, 0.1) is 5.92 Å². The summed E-state index contributed by atoms with van der Waals surface area (Å²) in [6.45, 7) is 1.66. The number of methoxy groups -OCH3 is 1. The summed E-state index contributed by atoms with van der Waals surface area (Å²) in [6.07, 6.45) is 3.43. The number of carbonyl (C=O) groups excluding carboxylic acids is 3. The van der Waals surface area contributed by atoms with Gasteiger partial charge < -0.3 is 20.1 Å². The Bertz CT molecular complexity index is 1020. The molecular formula is C24H27N3O5. The first kappa shape index (κ1) is 21.7. The van der Waals surface area contributed by atoms with Gasteiger partial charge in [0.05, 0.1) is 7.11 Å². The van der Waals surface area contributed by atoms with E-state index in [0.29, 0.717) is 29.4 Å². The Morgan fingerprint density at radius 1 is 1.12 bits per heavy atom. The molecule has 0 bridgehead atoms. The lowest BCUT2D eigenvalue weighted by molar-refractivity contribution is -0.136. The van der Waals surface area contributed by atoms with Crippen molar-refractivity contribution in [3.8, 4) is 17.2 Å². The zero-order valence-corrected chi connectivity index (χ0v) is 18.2. The van der Waals surface area contributed by atoms with E-state index in [-0.39, 0.29) is 18.4 Å². The highest BCUT2D eigenvalue weighted by Crippen LogP contribution is 2.38. The molecule has 2 aromatic carbocycles. The third-order valence-electron chi connectivity index (χ3n) is 6.24. The number of hydrogen-bond acceptors (Lipinski definition) is 5. The molecule has 2 aliphatic rings. The Morgan fingerprint density at radius 2 is 1.84 bits per heavy atom. The molecule has 1 heterocycles. The molecule has 1 spiro atoms. The van der Waals surface area contributed by atoms with Crippen LogP contribution in [0.1, 0.15) is 32.6 Å². The average molecular weight is 437 g/mol. The molecule has 32 heavy (non-hydrogen) atoms. The van der Waals surface area contributed by atoms with Gasteiger partial charge in [-0.1, -0.05) is 31.9 Å². The summed E-state index contributed by atoms with van der Waals surface area (Å²) in [6, 6.07) is 13.6. The minimum atomic E-state index is -0.868. The molecule has 2 fully saturated rings. The summed E-state index contributed by atoms with van der Waals surface area (Å²) in [4.78, 5) is 39.0. The number of nitrogens with one attached hydrogen (secondary N) is 2. The summed E-state index contributed by atoms with van der Waals surface area (Å²) < 4.78 is 11.1. The van der Waals surface area contributed by atoms with Crippen molar-refractivity contribution < 1.29 is 23.9 Å². The highest BCUT2D eigenvalue weighted by Gasteiger charge is 2.55. The van der Waals surface area contributed by atoms with Crippen LogP contribution in [0.25, 0.3) is 0 Å². The Labute approximate surface area is 186 Å². The molecule has 1 saturated carbocycles. The van der Waals surface area contributed by atoms with Gasteiger partial charge >= 0.3 is 6.03 Å². The Morgan fingerprint density at radius 3 is 2.53 bits per heavy atom. The normalized spacial score (nSPS) is 22.6. The summed E-state index contributed by atoms with van der Waals surface area (Å²) in [5.41, 5.74) is -0.331. The molecule has 4 amide bonds. The van der Waals surface area contributed by atoms with Gasteiger partial charge in [-0.3, -0.25) is 14.5 Å². The number of imide groups is 1. The lowest BCUT2D eigenvalue weighted by atomic mass is 9.73. The van der Waals surface area contributed by atoms with Crippen LogP contribution in [0.15, 0.2) is 48.5 Å². The maximum Gasteiger partial charge on any atom is 0.325 e. The predicted octanol–water partition coefficient (Wildman–Crippen LogP) is 3.93. The van der Waals surface area contributed by atoms with E-state index in [4.69, 9.17) is 9.47 Å². The number of ether oxygens (including phenoxy) is 2. The fourth-order valence-corrected chi connectivity index (χ4v) is 4.42. The third-order valence-corrected chi connectivity index (χ3v) is 6.24. The maximum atomic E-state index is 13.0. The second-order valence-corrected chi connectivity index (χ2v) is 8.27. The highest BCUT2D eigenvalue weighted by atomic mass is 16.5. The van der Waals surface area contributed by atoms with E-state index in [1.165, 1.54) is 0 Å². The molecule has 8 heteroatoms. The number of carbonyl (C=O) groups is 3. The third kappa shape index (κ3) is 4.12. The number of benzene rings is 2. The Balaban J connectivity index is 1.37. The first-order valence-corrected chi connectivity index (χ1v) is 10.8. The van der Waals surface area contributed by atoms with Crippen LogP contribution in [-0.4, -0.2) is 41.9 Å². The van der Waals surface area contributed by atoms with Crippen LogP contribution in [0.5, 0.6) is 17.2 Å². The molecule has 168 valence electrons. The largest absolute Gasteiger partial charge is 0.493 e. The van der Waals surface area contributed by atoms with Crippen molar-refractivity contribution in [1.29, 1.82) is 0 Å². The summed E-state index contributed by atoms with van der Waals surface area (Å²) >= 11 is 0. The zero-order valence-electron chi connectivity index (χ0n) is 18.2. The molecule has 2 atom stereocenters. The summed E-state index contributed by atoms with van der Waals surface area (Å²) in [5, 5.41) is 5.59. The fraction of sp³-hybridized carbons (Fsp3) is 0.375. The zero-order chi connectivity index (χ0) is 22.7. The molecule has 0 radical (unpaired) electrons. The lowest BCUT2D eigenvalue weighted by Gasteiger charge is -2.36. The van der Waals surface area contributed by atoms with Crippen LogP contribution in [0.3, 0.4) is 0 Å². The second-order valence-electron chi connectivity index (χ2n) is 8.27. The topological polar surface area (TPSA) is 97.0 Å². The molecule has 8 nitrogen and oxygen atoms in total. The van der Waals surface area contributed by atoms with Crippen LogP contribution in [-0.2, 0) is 9.59 Å². The van der Waals surface area contributed by atoms with E-state index >= 15 is 0 Å². The van der Waals surface area contributed by atoms with E-state index in [2.05, 4.69) is 10.6 Å². The maximum absolute atomic E-state index is 13.0. The number of nitrogens with zero attached hydrogens (tertiary/aromatic N) is 1. The van der Waals surface area contributed by atoms with Crippen molar-refractivity contribution in [3.05, 3.63) is 48.5 Å². The molecule has 0 aromatic heterocycles. The average Bonchev–Trinajstić information content (AvgIpc) is 3.02. The molecule has 1 aliphatic heterocycles. The van der Waals surface area contributed by atoms with Crippen molar-refractivity contribution in [2.75, 3.05) is 19.0 Å². The number of urea groups is 1. The van der Waals surface area contributed by atoms with Crippen molar-refractivity contribution in [2.45, 2.75) is 38.1 Å².